The van der Waals surface area contributed by atoms with E-state index in [0.717, 1.165) is 5.92 Å². The van der Waals surface area contributed by atoms with Crippen molar-refractivity contribution in [1.82, 2.24) is 0 Å². The number of methoxy groups -OCH3 is 1. The van der Waals surface area contributed by atoms with Gasteiger partial charge in [0.25, 0.3) is 6.47 Å². The van der Waals surface area contributed by atoms with Gasteiger partial charge in [-0.05, 0) is 24.3 Å². The van der Waals surface area contributed by atoms with Crippen molar-refractivity contribution in [2.24, 2.45) is 0 Å². The summed E-state index contributed by atoms with van der Waals surface area (Å²) in [6, 6.07) is 11.0. The molecule has 0 atom stereocenters. The molecule has 0 heterocycles. The van der Waals surface area contributed by atoms with Crippen LogP contribution in [0.1, 0.15) is 43.6 Å². The van der Waals surface area contributed by atoms with Crippen molar-refractivity contribution >= 4 is 6.47 Å². The maximum atomic E-state index is 8.95. The fraction of sp³-hybridized carbons (Fsp3) is 0.500. The number of benzene rings is 1. The van der Waals surface area contributed by atoms with E-state index in [1.54, 1.807) is 5.56 Å². The minimum Gasteiger partial charge on any atom is -0.471 e. The van der Waals surface area contributed by atoms with Crippen LogP contribution in [0.3, 0.4) is 0 Å². The first-order valence-electron chi connectivity index (χ1n) is 5.90. The van der Waals surface area contributed by atoms with E-state index in [4.69, 9.17) is 4.79 Å². The van der Waals surface area contributed by atoms with Gasteiger partial charge in [-0.25, -0.2) is 0 Å². The van der Waals surface area contributed by atoms with E-state index < -0.39 is 0 Å². The second-order valence-corrected chi connectivity index (χ2v) is 4.08. The predicted octanol–water partition coefficient (Wildman–Crippen LogP) is 3.52. The Morgan fingerprint density at radius 3 is 2.19 bits per heavy atom. The van der Waals surface area contributed by atoms with Gasteiger partial charge >= 0.3 is 0 Å². The van der Waals surface area contributed by atoms with Gasteiger partial charge < -0.3 is 4.74 Å². The molecule has 0 N–H and O–H groups in total. The van der Waals surface area contributed by atoms with Crippen molar-refractivity contribution in [3.05, 3.63) is 35.9 Å². The molecule has 1 saturated carbocycles. The summed E-state index contributed by atoms with van der Waals surface area (Å²) in [5, 5.41) is 0. The molecule has 1 aromatic carbocycles. The molecule has 1 fully saturated rings. The number of hydrogen-bond acceptors (Lipinski definition) is 2. The van der Waals surface area contributed by atoms with Gasteiger partial charge in [0.2, 0.25) is 0 Å². The first kappa shape index (κ1) is 12.8. The van der Waals surface area contributed by atoms with E-state index in [1.165, 1.54) is 39.2 Å². The lowest BCUT2D eigenvalue weighted by molar-refractivity contribution is -0.126. The molecule has 88 valence electrons. The Bertz CT molecular complexity index is 276. The summed E-state index contributed by atoms with van der Waals surface area (Å²) in [6.07, 6.45) is 7.12. The molecule has 0 radical (unpaired) electrons. The highest BCUT2D eigenvalue weighted by Gasteiger charge is 2.14. The standard InChI is InChI=1S/C12H16.C2H4O2/c1-3-7-11(8-4-1)12-9-5-2-6-10-12;1-4-2-3/h1,3-4,7-8,12H,2,5-6,9-10H2;2H,1H3. The lowest BCUT2D eigenvalue weighted by Gasteiger charge is -2.21. The summed E-state index contributed by atoms with van der Waals surface area (Å²) in [6.45, 7) is 0.375. The van der Waals surface area contributed by atoms with Gasteiger partial charge in [-0.2, -0.15) is 0 Å². The first-order chi connectivity index (χ1) is 7.88. The van der Waals surface area contributed by atoms with Crippen LogP contribution in [0.4, 0.5) is 0 Å². The quantitative estimate of drug-likeness (QED) is 0.713. The normalized spacial score (nSPS) is 15.8. The van der Waals surface area contributed by atoms with Crippen molar-refractivity contribution in [3.63, 3.8) is 0 Å². The Hall–Kier alpha value is -1.31. The Morgan fingerprint density at radius 2 is 1.69 bits per heavy atom. The molecule has 0 spiro atoms. The van der Waals surface area contributed by atoms with Crippen molar-refractivity contribution in [1.29, 1.82) is 0 Å². The second-order valence-electron chi connectivity index (χ2n) is 4.08. The summed E-state index contributed by atoms with van der Waals surface area (Å²) in [4.78, 5) is 8.95. The molecule has 1 aliphatic rings. The third-order valence-electron chi connectivity index (χ3n) is 2.97. The third kappa shape index (κ3) is 4.47. The number of carbonyl (C=O) groups excluding carboxylic acids is 1. The molecule has 16 heavy (non-hydrogen) atoms. The molecular formula is C14H20O2. The first-order valence-corrected chi connectivity index (χ1v) is 5.90. The van der Waals surface area contributed by atoms with Crippen molar-refractivity contribution in [3.8, 4) is 0 Å². The van der Waals surface area contributed by atoms with Crippen LogP contribution < -0.4 is 0 Å². The topological polar surface area (TPSA) is 26.3 Å². The van der Waals surface area contributed by atoms with E-state index in [1.807, 2.05) is 0 Å². The summed E-state index contributed by atoms with van der Waals surface area (Å²) in [7, 11) is 1.31. The monoisotopic (exact) mass is 220 g/mol. The number of rotatable bonds is 2. The maximum absolute atomic E-state index is 8.95. The summed E-state index contributed by atoms with van der Waals surface area (Å²) in [5.41, 5.74) is 1.55. The molecule has 0 saturated heterocycles. The van der Waals surface area contributed by atoms with Crippen LogP contribution in [0.25, 0.3) is 0 Å². The number of hydrogen-bond donors (Lipinski definition) is 0. The smallest absolute Gasteiger partial charge is 0.292 e. The molecule has 0 aliphatic heterocycles. The Labute approximate surface area is 97.6 Å². The van der Waals surface area contributed by atoms with Gasteiger partial charge in [-0.3, -0.25) is 4.79 Å². The average Bonchev–Trinajstić information content (AvgIpc) is 2.41. The number of carbonyl (C=O) groups is 1. The SMILES string of the molecule is COC=O.c1ccc(C2CCCCC2)cc1. The highest BCUT2D eigenvalue weighted by atomic mass is 16.5. The van der Waals surface area contributed by atoms with Crippen molar-refractivity contribution in [2.75, 3.05) is 7.11 Å². The minimum absolute atomic E-state index is 0.375. The van der Waals surface area contributed by atoms with E-state index in [-0.39, 0.29) is 0 Å². The molecule has 0 aromatic heterocycles. The molecule has 2 heteroatoms. The van der Waals surface area contributed by atoms with Gasteiger partial charge in [-0.15, -0.1) is 0 Å². The fourth-order valence-electron chi connectivity index (χ4n) is 2.16. The van der Waals surface area contributed by atoms with Crippen molar-refractivity contribution in [2.45, 2.75) is 38.0 Å². The molecule has 1 aromatic rings. The van der Waals surface area contributed by atoms with Crippen LogP contribution in [0.15, 0.2) is 30.3 Å². The van der Waals surface area contributed by atoms with Crippen LogP contribution in [-0.2, 0) is 9.53 Å². The molecule has 0 amide bonds. The van der Waals surface area contributed by atoms with Crippen LogP contribution >= 0.6 is 0 Å². The van der Waals surface area contributed by atoms with Gasteiger partial charge in [0.15, 0.2) is 0 Å². The van der Waals surface area contributed by atoms with Crippen LogP contribution in [0.5, 0.6) is 0 Å². The lowest BCUT2D eigenvalue weighted by Crippen LogP contribution is -2.03. The van der Waals surface area contributed by atoms with Crippen LogP contribution in [-0.4, -0.2) is 13.6 Å². The summed E-state index contributed by atoms with van der Waals surface area (Å²) in [5.74, 6) is 0.861. The van der Waals surface area contributed by atoms with Gasteiger partial charge in [0, 0.05) is 0 Å². The van der Waals surface area contributed by atoms with Crippen LogP contribution in [0, 0.1) is 0 Å². The summed E-state index contributed by atoms with van der Waals surface area (Å²) < 4.78 is 3.86. The van der Waals surface area contributed by atoms with Gasteiger partial charge in [-0.1, -0.05) is 49.6 Å². The lowest BCUT2D eigenvalue weighted by atomic mass is 9.84. The zero-order chi connectivity index (χ0) is 11.6. The van der Waals surface area contributed by atoms with Gasteiger partial charge in [0.05, 0.1) is 7.11 Å². The maximum Gasteiger partial charge on any atom is 0.292 e. The molecule has 2 nitrogen and oxygen atoms in total. The van der Waals surface area contributed by atoms with E-state index in [9.17, 15) is 0 Å². The molecular weight excluding hydrogens is 200 g/mol. The molecule has 0 bridgehead atoms. The van der Waals surface area contributed by atoms with E-state index in [0.29, 0.717) is 6.47 Å². The highest BCUT2D eigenvalue weighted by molar-refractivity contribution is 5.36. The zero-order valence-electron chi connectivity index (χ0n) is 9.89. The van der Waals surface area contributed by atoms with E-state index >= 15 is 0 Å². The van der Waals surface area contributed by atoms with E-state index in [2.05, 4.69) is 35.1 Å². The molecule has 2 rings (SSSR count). The second kappa shape index (κ2) is 7.91. The van der Waals surface area contributed by atoms with Crippen LogP contribution in [0.2, 0.25) is 0 Å². The summed E-state index contributed by atoms with van der Waals surface area (Å²) >= 11 is 0. The Balaban J connectivity index is 0.000000280. The van der Waals surface area contributed by atoms with Gasteiger partial charge in [0.1, 0.15) is 0 Å². The zero-order valence-corrected chi connectivity index (χ0v) is 9.89. The molecule has 1 aliphatic carbocycles. The third-order valence-corrected chi connectivity index (χ3v) is 2.97. The average molecular weight is 220 g/mol. The highest BCUT2D eigenvalue weighted by Crippen LogP contribution is 2.31. The number of ether oxygens (including phenoxy) is 1. The predicted molar refractivity (Wildman–Crippen MR) is 65.3 cm³/mol. The Kier molecular flexibility index (Phi) is 6.31. The van der Waals surface area contributed by atoms with Crippen molar-refractivity contribution < 1.29 is 9.53 Å². The minimum atomic E-state index is 0.375. The Morgan fingerprint density at radius 1 is 1.12 bits per heavy atom. The fourth-order valence-corrected chi connectivity index (χ4v) is 2.16. The molecule has 0 unspecified atom stereocenters. The largest absolute Gasteiger partial charge is 0.471 e.